The normalized spacial score (nSPS) is 15.8. The van der Waals surface area contributed by atoms with Crippen molar-refractivity contribution in [3.05, 3.63) is 260 Å². The molecule has 0 spiro atoms. The minimum absolute atomic E-state index is 0. The molecule has 131 heavy (non-hydrogen) atoms. The molecule has 10 aromatic carbocycles. The van der Waals surface area contributed by atoms with Gasteiger partial charge in [-0.1, -0.05) is 95.1 Å². The topological polar surface area (TPSA) is 300 Å². The molecule has 3 N–H and O–H groups in total. The Labute approximate surface area is 783 Å². The van der Waals surface area contributed by atoms with Crippen molar-refractivity contribution in [3.8, 4) is 46.0 Å². The van der Waals surface area contributed by atoms with Gasteiger partial charge in [0, 0.05) is 122 Å². The van der Waals surface area contributed by atoms with Crippen LogP contribution >= 0.6 is 23.2 Å². The number of amides is 4. The molecule has 18 rings (SSSR count). The Balaban J connectivity index is 0.000000227. The molecule has 0 aliphatic carbocycles. The zero-order valence-electron chi connectivity index (χ0n) is 72.6. The number of anilines is 4. The van der Waals surface area contributed by atoms with Crippen LogP contribution in [0.1, 0.15) is 158 Å². The summed E-state index contributed by atoms with van der Waals surface area (Å²) in [4.78, 5) is 112. The first-order valence-corrected chi connectivity index (χ1v) is 52.1. The molecule has 0 fully saturated rings. The fourth-order valence-electron chi connectivity index (χ4n) is 16.6. The Bertz CT molecular complexity index is 5980. The number of aliphatic imine (C=N–C) groups is 4. The van der Waals surface area contributed by atoms with Crippen molar-refractivity contribution in [2.45, 2.75) is 166 Å². The predicted octanol–water partition coefficient (Wildman–Crippen LogP) is 20.7. The number of nitrogens with zero attached hydrogens (tertiary/aromatic N) is 8. The second-order valence-corrected chi connectivity index (χ2v) is 41.6. The van der Waals surface area contributed by atoms with Crippen molar-refractivity contribution in [3.63, 3.8) is 0 Å². The van der Waals surface area contributed by atoms with E-state index >= 15 is 0 Å². The number of alkyl halides is 2. The standard InChI is InChI=1S/C48H44N4O8.C47H42N4O8.C2H4Cl2.3CH4.3CH3.H2O.Sn/c1-29-16-37-39(49-25-34-20-32-10-4-6-12-41(32)51(34)47(37)54)23-43(29)59-27-30-17-31(19-36(18-30)58-15-9-8-14-46(53)57-3)28-60-45-24-40-38(22-44(45)56-2)48(55)52-35(26-50-40)21-33-11-5-7-13-42(33)52;1-28-15-36-38(48-24-33-19-31-9-3-5-11-40(31)50(33)46(36)54)22-42(28)58-26-29-16-30(18-35(17-29)57-14-8-7-13-45(52)53)27-59-44-23-39-37(21-43(44)56-2)47(55)51-34(25-49-39)20-32-10-4-6-12-41(32)51;3-1-2-4;;;;;;;;/h4-7,10-13,16-19,22-26,34-35H,8-9,14-15,20-21,27-28H2,1-3H3;3-6,9-12,15-18,21-25,33-34H,7-8,13-14,19-20,26-27H2,1-2H3,(H,52,53);1-2H2;3*1H4;3*1H3;1H2;/t34-,35-;33-,34-;;;;;;;;;/m00........./s1. The monoisotopic (exact) mass is 1920 g/mol. The number of hydrogen-bond acceptors (Lipinski definition) is 19. The third-order valence-electron chi connectivity index (χ3n) is 22.6. The van der Waals surface area contributed by atoms with E-state index in [0.717, 1.165) is 84.8 Å². The van der Waals surface area contributed by atoms with Crippen LogP contribution in [-0.4, -0.2) is 161 Å². The van der Waals surface area contributed by atoms with E-state index in [-0.39, 0.29) is 114 Å². The number of unbranched alkanes of at least 4 members (excludes halogenated alkanes) is 2. The van der Waals surface area contributed by atoms with Gasteiger partial charge < -0.3 is 53.2 Å². The summed E-state index contributed by atoms with van der Waals surface area (Å²) in [5.41, 5.74) is 17.0. The maximum atomic E-state index is 13.9. The molecule has 8 aliphatic heterocycles. The van der Waals surface area contributed by atoms with Gasteiger partial charge in [0.25, 0.3) is 23.6 Å². The number of esters is 1. The summed E-state index contributed by atoms with van der Waals surface area (Å²) in [6, 6.07) is 56.9. The Kier molecular flexibility index (Phi) is 34.3. The fourth-order valence-corrected chi connectivity index (χ4v) is 16.6. The summed E-state index contributed by atoms with van der Waals surface area (Å²) in [6.07, 6.45) is 12.9. The van der Waals surface area contributed by atoms with E-state index in [2.05, 4.69) is 27.0 Å². The van der Waals surface area contributed by atoms with Gasteiger partial charge in [-0.2, -0.15) is 0 Å². The molecular formula is C103H113Cl2N8O17Sn. The number of fused-ring (bicyclic) bond motifs is 16. The van der Waals surface area contributed by atoms with Crippen LogP contribution in [0.2, 0.25) is 14.8 Å². The van der Waals surface area contributed by atoms with E-state index in [4.69, 9.17) is 90.9 Å². The van der Waals surface area contributed by atoms with E-state index in [1.807, 2.05) is 194 Å². The molecule has 4 atom stereocenters. The average Bonchev–Trinajstić information content (AvgIpc) is 1.62. The Morgan fingerprint density at radius 2 is 0.672 bits per heavy atom. The van der Waals surface area contributed by atoms with Gasteiger partial charge in [-0.3, -0.25) is 68.3 Å². The summed E-state index contributed by atoms with van der Waals surface area (Å²) in [5, 5.41) is 9.07. The van der Waals surface area contributed by atoms with Crippen molar-refractivity contribution in [2.75, 3.05) is 65.9 Å². The van der Waals surface area contributed by atoms with Crippen LogP contribution in [0.25, 0.3) is 0 Å². The molecular weight excluding hydrogens is 1810 g/mol. The van der Waals surface area contributed by atoms with Gasteiger partial charge in [0.2, 0.25) is 0 Å². The molecule has 28 heteroatoms. The molecule has 10 aromatic rings. The number of methoxy groups -OCH3 is 3. The summed E-state index contributed by atoms with van der Waals surface area (Å²) >= 11 is 9.56. The molecule has 8 heterocycles. The zero-order valence-corrected chi connectivity index (χ0v) is 76.9. The molecule has 0 saturated heterocycles. The van der Waals surface area contributed by atoms with Crippen LogP contribution in [0, 0.1) is 13.8 Å². The van der Waals surface area contributed by atoms with Gasteiger partial charge in [-0.15, -0.1) is 23.2 Å². The fraction of sp³-hybridized carbons (Fsp3) is 0.320. The van der Waals surface area contributed by atoms with Gasteiger partial charge in [0.05, 0.1) is 104 Å². The van der Waals surface area contributed by atoms with Crippen LogP contribution < -0.4 is 57.5 Å². The van der Waals surface area contributed by atoms with Crippen molar-refractivity contribution < 1.29 is 82.0 Å². The summed E-state index contributed by atoms with van der Waals surface area (Å²) in [5.74, 6) is 3.65. The van der Waals surface area contributed by atoms with E-state index < -0.39 is 25.7 Å². The van der Waals surface area contributed by atoms with Crippen LogP contribution in [0.15, 0.2) is 202 Å². The quantitative estimate of drug-likeness (QED) is 0.0216. The van der Waals surface area contributed by atoms with Crippen LogP contribution in [-0.2, 0) is 66.4 Å². The molecule has 0 unspecified atom stereocenters. The Morgan fingerprint density at radius 3 is 0.962 bits per heavy atom. The average molecular weight is 1920 g/mol. The van der Waals surface area contributed by atoms with E-state index in [1.54, 1.807) is 41.2 Å². The third-order valence-corrected chi connectivity index (χ3v) is 23.1. The first-order valence-electron chi connectivity index (χ1n) is 42.4. The minimum atomic E-state index is -0.841. The number of aliphatic carboxylic acids is 1. The number of carboxylic acids is 1. The molecule has 0 aromatic heterocycles. The van der Waals surface area contributed by atoms with Gasteiger partial charge in [-0.05, 0) is 180 Å². The molecule has 0 bridgehead atoms. The number of carboxylic acid groups (broad SMARTS) is 1. The second kappa shape index (κ2) is 45.3. The number of benzene rings is 10. The van der Waals surface area contributed by atoms with Gasteiger partial charge in [0.15, 0.2) is 23.0 Å². The maximum absolute atomic E-state index is 13.9. The van der Waals surface area contributed by atoms with Crippen molar-refractivity contribution >= 4 is 149 Å². The van der Waals surface area contributed by atoms with Crippen LogP contribution in [0.3, 0.4) is 0 Å². The van der Waals surface area contributed by atoms with Gasteiger partial charge in [-0.25, -0.2) is 0 Å². The third kappa shape index (κ3) is 22.7. The first kappa shape index (κ1) is 99.0. The molecule has 685 valence electrons. The van der Waals surface area contributed by atoms with Crippen LogP contribution in [0.5, 0.6) is 46.0 Å². The summed E-state index contributed by atoms with van der Waals surface area (Å²) in [6.45, 7) is 5.24. The van der Waals surface area contributed by atoms with Crippen LogP contribution in [0.4, 0.5) is 45.5 Å². The number of aryl methyl sites for hydroxylation is 2. The number of hydrogen-bond donors (Lipinski definition) is 1. The van der Waals surface area contributed by atoms with Gasteiger partial charge in [0.1, 0.15) is 49.4 Å². The Hall–Kier alpha value is -12.6. The number of carbonyl (C=O) groups excluding carboxylic acids is 5. The Morgan fingerprint density at radius 1 is 0.389 bits per heavy atom. The summed E-state index contributed by atoms with van der Waals surface area (Å²) in [7, 11) is 4.47. The van der Waals surface area contributed by atoms with E-state index in [9.17, 15) is 28.8 Å². The second-order valence-electron chi connectivity index (χ2n) is 32.3. The first-order chi connectivity index (χ1) is 61.6. The number of halogens is 2. The number of carbonyl (C=O) groups is 6. The number of ether oxygens (including phenoxy) is 9. The molecule has 0 saturated carbocycles. The van der Waals surface area contributed by atoms with Crippen molar-refractivity contribution in [2.24, 2.45) is 20.0 Å². The predicted molar refractivity (Wildman–Crippen MR) is 521 cm³/mol. The SMILES string of the molecule is C.C.C.COC(=O)CCCCOc1cc(COc2cc3c(cc2C)C(=O)N2c4ccccc4C[C@H]2C=N3)cc(COc2cc3c(cc2OC)C(=O)N2c4ccccc4C[C@H]2C=N3)c1.COc1cc2c(cc1OCc1cc(COc3cc4c(cc3C)C(=O)N3c5ccccc5C[C@H]3C=N4)cc(OCCCCC(=O)O)c1)N=C[C@@H]1Cc3ccccc3N1C2=O.ClCCCl.O.[CH3][Sn]([CH3])[CH3]. The van der Waals surface area contributed by atoms with E-state index in [0.29, 0.717) is 167 Å². The number of rotatable bonds is 27. The molecule has 4 amide bonds. The van der Waals surface area contributed by atoms with E-state index in [1.165, 1.54) is 14.2 Å². The van der Waals surface area contributed by atoms with Gasteiger partial charge >= 0.3 is 46.5 Å². The molecule has 1 radical (unpaired) electrons. The van der Waals surface area contributed by atoms with Crippen molar-refractivity contribution in [1.82, 2.24) is 0 Å². The van der Waals surface area contributed by atoms with Crippen molar-refractivity contribution in [1.29, 1.82) is 0 Å². The molecule has 25 nitrogen and oxygen atoms in total. The number of para-hydroxylation sites is 4. The zero-order chi connectivity index (χ0) is 88.9. The summed E-state index contributed by atoms with van der Waals surface area (Å²) < 4.78 is 54.1. The molecule has 8 aliphatic rings.